The lowest BCUT2D eigenvalue weighted by molar-refractivity contribution is 0.201. The van der Waals surface area contributed by atoms with E-state index in [1.807, 2.05) is 0 Å². The molecular formula is C13H26ClN. The van der Waals surface area contributed by atoms with E-state index >= 15 is 0 Å². The maximum absolute atomic E-state index is 6.17. The van der Waals surface area contributed by atoms with Gasteiger partial charge in [0.05, 0.1) is 0 Å². The Bertz CT molecular complexity index is 183. The second kappa shape index (κ2) is 6.10. The van der Waals surface area contributed by atoms with Crippen molar-refractivity contribution in [3.05, 3.63) is 0 Å². The third-order valence-corrected chi connectivity index (χ3v) is 4.38. The highest BCUT2D eigenvalue weighted by Crippen LogP contribution is 2.33. The first kappa shape index (κ1) is 13.3. The molecule has 90 valence electrons. The van der Waals surface area contributed by atoms with Gasteiger partial charge in [-0.15, -0.1) is 11.6 Å². The van der Waals surface area contributed by atoms with Crippen LogP contribution in [0.15, 0.2) is 0 Å². The van der Waals surface area contributed by atoms with E-state index in [2.05, 4.69) is 26.1 Å². The third-order valence-electron chi connectivity index (χ3n) is 3.87. The minimum atomic E-state index is 0.239. The molecule has 1 nitrogen and oxygen atoms in total. The smallest absolute Gasteiger partial charge is 0.0406 e. The number of nitrogens with one attached hydrogen (secondary N) is 1. The van der Waals surface area contributed by atoms with Gasteiger partial charge >= 0.3 is 0 Å². The minimum absolute atomic E-state index is 0.239. The quantitative estimate of drug-likeness (QED) is 0.710. The van der Waals surface area contributed by atoms with Gasteiger partial charge in [-0.05, 0) is 31.2 Å². The van der Waals surface area contributed by atoms with Crippen LogP contribution in [0.2, 0.25) is 0 Å². The van der Waals surface area contributed by atoms with Crippen LogP contribution in [-0.4, -0.2) is 18.0 Å². The molecule has 15 heavy (non-hydrogen) atoms. The molecule has 0 radical (unpaired) electrons. The van der Waals surface area contributed by atoms with Gasteiger partial charge in [0.25, 0.3) is 0 Å². The van der Waals surface area contributed by atoms with Crippen molar-refractivity contribution in [2.45, 2.75) is 58.4 Å². The molecule has 0 amide bonds. The van der Waals surface area contributed by atoms with Crippen molar-refractivity contribution in [1.29, 1.82) is 0 Å². The number of hydrogen-bond donors (Lipinski definition) is 1. The SMILES string of the molecule is CCC(C)CNC1(CCl)CCCC(C)C1. The highest BCUT2D eigenvalue weighted by Gasteiger charge is 2.33. The predicted octanol–water partition coefficient (Wildman–Crippen LogP) is 3.81. The number of halogens is 1. The molecule has 0 aromatic rings. The highest BCUT2D eigenvalue weighted by molar-refractivity contribution is 6.18. The van der Waals surface area contributed by atoms with Crippen molar-refractivity contribution >= 4 is 11.6 Å². The summed E-state index contributed by atoms with van der Waals surface area (Å²) >= 11 is 6.17. The van der Waals surface area contributed by atoms with Crippen LogP contribution in [0.3, 0.4) is 0 Å². The van der Waals surface area contributed by atoms with Crippen molar-refractivity contribution in [2.24, 2.45) is 11.8 Å². The van der Waals surface area contributed by atoms with Crippen LogP contribution in [-0.2, 0) is 0 Å². The topological polar surface area (TPSA) is 12.0 Å². The van der Waals surface area contributed by atoms with Crippen molar-refractivity contribution in [3.8, 4) is 0 Å². The van der Waals surface area contributed by atoms with Crippen LogP contribution in [0.25, 0.3) is 0 Å². The Morgan fingerprint density at radius 1 is 1.53 bits per heavy atom. The minimum Gasteiger partial charge on any atom is -0.310 e. The average molecular weight is 232 g/mol. The number of alkyl halides is 1. The van der Waals surface area contributed by atoms with Gasteiger partial charge in [-0.2, -0.15) is 0 Å². The number of rotatable bonds is 5. The Morgan fingerprint density at radius 2 is 2.27 bits per heavy atom. The fourth-order valence-electron chi connectivity index (χ4n) is 2.52. The molecule has 1 saturated carbocycles. The van der Waals surface area contributed by atoms with E-state index in [9.17, 15) is 0 Å². The Hall–Kier alpha value is 0.250. The molecule has 0 saturated heterocycles. The van der Waals surface area contributed by atoms with Gasteiger partial charge in [0.15, 0.2) is 0 Å². The van der Waals surface area contributed by atoms with Crippen LogP contribution in [0, 0.1) is 11.8 Å². The fourth-order valence-corrected chi connectivity index (χ4v) is 2.86. The van der Waals surface area contributed by atoms with Crippen LogP contribution in [0.4, 0.5) is 0 Å². The molecule has 2 heteroatoms. The average Bonchev–Trinajstić information content (AvgIpc) is 2.26. The first-order valence-electron chi connectivity index (χ1n) is 6.43. The van der Waals surface area contributed by atoms with Crippen molar-refractivity contribution < 1.29 is 0 Å². The lowest BCUT2D eigenvalue weighted by Crippen LogP contribution is -2.51. The molecule has 3 unspecified atom stereocenters. The van der Waals surface area contributed by atoms with Gasteiger partial charge < -0.3 is 5.32 Å². The summed E-state index contributed by atoms with van der Waals surface area (Å²) in [5, 5.41) is 3.73. The van der Waals surface area contributed by atoms with Crippen LogP contribution < -0.4 is 5.32 Å². The summed E-state index contributed by atoms with van der Waals surface area (Å²) in [4.78, 5) is 0. The molecule has 0 aliphatic heterocycles. The number of hydrogen-bond acceptors (Lipinski definition) is 1. The first-order valence-corrected chi connectivity index (χ1v) is 6.96. The molecule has 1 N–H and O–H groups in total. The summed E-state index contributed by atoms with van der Waals surface area (Å²) in [7, 11) is 0. The molecule has 1 aliphatic carbocycles. The van der Waals surface area contributed by atoms with E-state index in [0.29, 0.717) is 0 Å². The van der Waals surface area contributed by atoms with Crippen molar-refractivity contribution in [3.63, 3.8) is 0 Å². The maximum Gasteiger partial charge on any atom is 0.0406 e. The summed E-state index contributed by atoms with van der Waals surface area (Å²) < 4.78 is 0. The zero-order chi connectivity index (χ0) is 11.3. The molecule has 1 aliphatic rings. The Morgan fingerprint density at radius 3 is 2.80 bits per heavy atom. The maximum atomic E-state index is 6.17. The monoisotopic (exact) mass is 231 g/mol. The van der Waals surface area contributed by atoms with Gasteiger partial charge in [0.2, 0.25) is 0 Å². The molecular weight excluding hydrogens is 206 g/mol. The standard InChI is InChI=1S/C13H26ClN/c1-4-11(2)9-15-13(10-14)7-5-6-12(3)8-13/h11-12,15H,4-10H2,1-3H3. The second-order valence-corrected chi connectivity index (χ2v) is 5.78. The van der Waals surface area contributed by atoms with Crippen LogP contribution in [0.1, 0.15) is 52.9 Å². The summed E-state index contributed by atoms with van der Waals surface area (Å²) in [6, 6.07) is 0. The molecule has 0 aromatic heterocycles. The van der Waals surface area contributed by atoms with E-state index < -0.39 is 0 Å². The highest BCUT2D eigenvalue weighted by atomic mass is 35.5. The summed E-state index contributed by atoms with van der Waals surface area (Å²) in [5.41, 5.74) is 0.239. The van der Waals surface area contributed by atoms with Gasteiger partial charge in [0, 0.05) is 11.4 Å². The van der Waals surface area contributed by atoms with Crippen LogP contribution in [0.5, 0.6) is 0 Å². The van der Waals surface area contributed by atoms with E-state index in [4.69, 9.17) is 11.6 Å². The lowest BCUT2D eigenvalue weighted by atomic mass is 9.77. The van der Waals surface area contributed by atoms with E-state index in [-0.39, 0.29) is 5.54 Å². The lowest BCUT2D eigenvalue weighted by Gasteiger charge is -2.40. The normalized spacial score (nSPS) is 34.0. The summed E-state index contributed by atoms with van der Waals surface area (Å²) in [5.74, 6) is 2.37. The van der Waals surface area contributed by atoms with E-state index in [1.165, 1.54) is 32.1 Å². The van der Waals surface area contributed by atoms with Gasteiger partial charge in [-0.1, -0.05) is 40.0 Å². The van der Waals surface area contributed by atoms with E-state index in [0.717, 1.165) is 24.3 Å². The van der Waals surface area contributed by atoms with Gasteiger partial charge in [-0.3, -0.25) is 0 Å². The summed E-state index contributed by atoms with van der Waals surface area (Å²) in [6.07, 6.45) is 6.48. The third kappa shape index (κ3) is 3.96. The zero-order valence-electron chi connectivity index (χ0n) is 10.5. The molecule has 0 bridgehead atoms. The molecule has 1 fully saturated rings. The van der Waals surface area contributed by atoms with Gasteiger partial charge in [-0.25, -0.2) is 0 Å². The second-order valence-electron chi connectivity index (χ2n) is 5.51. The van der Waals surface area contributed by atoms with Crippen molar-refractivity contribution in [2.75, 3.05) is 12.4 Å². The molecule has 0 aromatic carbocycles. The van der Waals surface area contributed by atoms with Gasteiger partial charge in [0.1, 0.15) is 0 Å². The molecule has 3 atom stereocenters. The molecule has 0 spiro atoms. The first-order chi connectivity index (χ1) is 7.12. The van der Waals surface area contributed by atoms with Crippen LogP contribution >= 0.6 is 11.6 Å². The molecule has 0 heterocycles. The predicted molar refractivity (Wildman–Crippen MR) is 68.5 cm³/mol. The zero-order valence-corrected chi connectivity index (χ0v) is 11.2. The summed E-state index contributed by atoms with van der Waals surface area (Å²) in [6.45, 7) is 8.03. The molecule has 1 rings (SSSR count). The Kier molecular flexibility index (Phi) is 5.42. The Labute approximate surface area is 100.0 Å². The fraction of sp³-hybridized carbons (Fsp3) is 1.00. The largest absolute Gasteiger partial charge is 0.310 e. The van der Waals surface area contributed by atoms with E-state index in [1.54, 1.807) is 0 Å². The Balaban J connectivity index is 2.44. The van der Waals surface area contributed by atoms with Crippen molar-refractivity contribution in [1.82, 2.24) is 5.32 Å².